The highest BCUT2D eigenvalue weighted by atomic mass is 32.1. The zero-order valence-electron chi connectivity index (χ0n) is 13.7. The lowest BCUT2D eigenvalue weighted by Crippen LogP contribution is -2.26. The first-order chi connectivity index (χ1) is 12.2. The van der Waals surface area contributed by atoms with E-state index >= 15 is 0 Å². The van der Waals surface area contributed by atoms with E-state index in [0.717, 1.165) is 16.7 Å². The number of nitrogens with one attached hydrogen (secondary N) is 3. The molecule has 0 aliphatic rings. The van der Waals surface area contributed by atoms with Crippen molar-refractivity contribution in [2.24, 2.45) is 0 Å². The number of aromatic amines is 1. The minimum absolute atomic E-state index is 0.155. The molecule has 0 aliphatic carbocycles. The number of aromatic nitrogens is 2. The van der Waals surface area contributed by atoms with E-state index in [1.165, 1.54) is 11.3 Å². The van der Waals surface area contributed by atoms with Gasteiger partial charge in [0.25, 0.3) is 5.91 Å². The minimum Gasteiger partial charge on any atom is -0.466 e. The van der Waals surface area contributed by atoms with E-state index in [1.807, 2.05) is 29.8 Å². The van der Waals surface area contributed by atoms with Gasteiger partial charge in [0.2, 0.25) is 0 Å². The number of pyridine rings is 1. The van der Waals surface area contributed by atoms with Crippen molar-refractivity contribution in [1.82, 2.24) is 15.3 Å². The summed E-state index contributed by atoms with van der Waals surface area (Å²) in [5, 5.41) is 8.82. The number of H-pyrrole nitrogens is 1. The lowest BCUT2D eigenvalue weighted by Gasteiger charge is -2.09. The van der Waals surface area contributed by atoms with Gasteiger partial charge in [-0.25, -0.2) is 4.98 Å². The molecule has 7 nitrogen and oxygen atoms in total. The van der Waals surface area contributed by atoms with E-state index in [-0.39, 0.29) is 24.8 Å². The van der Waals surface area contributed by atoms with E-state index in [9.17, 15) is 9.59 Å². The average Bonchev–Trinajstić information content (AvgIpc) is 3.24. The molecule has 3 rings (SSSR count). The van der Waals surface area contributed by atoms with E-state index < -0.39 is 0 Å². The fourth-order valence-electron chi connectivity index (χ4n) is 2.39. The van der Waals surface area contributed by atoms with Gasteiger partial charge in [-0.15, -0.1) is 11.3 Å². The molecule has 0 spiro atoms. The molecule has 0 unspecified atom stereocenters. The molecular formula is C17H18N4O3S. The molecule has 0 atom stereocenters. The molecule has 0 saturated carbocycles. The van der Waals surface area contributed by atoms with Crippen LogP contribution >= 0.6 is 11.3 Å². The SMILES string of the molecule is CCOC(=O)CCNC(=O)c1sccc1Nc1ccnc2[nH]ccc12. The summed E-state index contributed by atoms with van der Waals surface area (Å²) in [6, 6.07) is 5.64. The second-order valence-corrected chi connectivity index (χ2v) is 6.11. The van der Waals surface area contributed by atoms with Gasteiger partial charge < -0.3 is 20.4 Å². The highest BCUT2D eigenvalue weighted by molar-refractivity contribution is 7.12. The van der Waals surface area contributed by atoms with Crippen molar-refractivity contribution >= 4 is 45.6 Å². The van der Waals surface area contributed by atoms with Crippen LogP contribution in [0.15, 0.2) is 36.0 Å². The van der Waals surface area contributed by atoms with Gasteiger partial charge in [0.1, 0.15) is 10.5 Å². The number of carbonyl (C=O) groups is 2. The third kappa shape index (κ3) is 3.97. The van der Waals surface area contributed by atoms with Crippen LogP contribution in [0, 0.1) is 0 Å². The van der Waals surface area contributed by atoms with Crippen LogP contribution in [0.3, 0.4) is 0 Å². The maximum atomic E-state index is 12.4. The number of fused-ring (bicyclic) bond motifs is 1. The van der Waals surface area contributed by atoms with Crippen molar-refractivity contribution in [1.29, 1.82) is 0 Å². The molecule has 1 amide bonds. The molecule has 0 fully saturated rings. The van der Waals surface area contributed by atoms with Crippen LogP contribution in [-0.4, -0.2) is 35.0 Å². The third-order valence-electron chi connectivity index (χ3n) is 3.52. The van der Waals surface area contributed by atoms with E-state index in [2.05, 4.69) is 20.6 Å². The van der Waals surface area contributed by atoms with Gasteiger partial charge in [-0.05, 0) is 30.5 Å². The average molecular weight is 358 g/mol. The lowest BCUT2D eigenvalue weighted by atomic mass is 10.2. The largest absolute Gasteiger partial charge is 0.466 e. The van der Waals surface area contributed by atoms with Crippen LogP contribution < -0.4 is 10.6 Å². The lowest BCUT2D eigenvalue weighted by molar-refractivity contribution is -0.142. The molecule has 8 heteroatoms. The number of ether oxygens (including phenoxy) is 1. The molecule has 25 heavy (non-hydrogen) atoms. The van der Waals surface area contributed by atoms with E-state index in [1.54, 1.807) is 13.1 Å². The smallest absolute Gasteiger partial charge is 0.307 e. The maximum Gasteiger partial charge on any atom is 0.307 e. The fraction of sp³-hybridized carbons (Fsp3) is 0.235. The van der Waals surface area contributed by atoms with Gasteiger partial charge >= 0.3 is 5.97 Å². The Morgan fingerprint density at radius 1 is 1.28 bits per heavy atom. The summed E-state index contributed by atoms with van der Waals surface area (Å²) in [7, 11) is 0. The van der Waals surface area contributed by atoms with E-state index in [0.29, 0.717) is 17.2 Å². The van der Waals surface area contributed by atoms with Crippen molar-refractivity contribution in [3.8, 4) is 0 Å². The zero-order chi connectivity index (χ0) is 17.6. The Morgan fingerprint density at radius 3 is 3.00 bits per heavy atom. The Labute approximate surface area is 148 Å². The summed E-state index contributed by atoms with van der Waals surface area (Å²) >= 11 is 1.34. The molecule has 3 aromatic heterocycles. The topological polar surface area (TPSA) is 96.1 Å². The summed E-state index contributed by atoms with van der Waals surface area (Å²) in [4.78, 5) is 31.5. The number of rotatable bonds is 7. The Morgan fingerprint density at radius 2 is 2.16 bits per heavy atom. The second kappa shape index (κ2) is 7.80. The first kappa shape index (κ1) is 17.0. The van der Waals surface area contributed by atoms with Gasteiger partial charge in [-0.2, -0.15) is 0 Å². The molecule has 3 N–H and O–H groups in total. The standard InChI is InChI=1S/C17H18N4O3S/c1-2-24-14(22)5-9-20-17(23)15-13(6-10-25-15)21-12-4-8-19-16-11(12)3-7-18-16/h3-4,6-8,10H,2,5,9H2,1H3,(H,20,23)(H2,18,19,21). The summed E-state index contributed by atoms with van der Waals surface area (Å²) in [5.41, 5.74) is 2.36. The molecular weight excluding hydrogens is 340 g/mol. The first-order valence-electron chi connectivity index (χ1n) is 7.89. The fourth-order valence-corrected chi connectivity index (χ4v) is 3.16. The van der Waals surface area contributed by atoms with Crippen LogP contribution in [0.1, 0.15) is 23.0 Å². The molecule has 0 saturated heterocycles. The normalized spacial score (nSPS) is 10.6. The van der Waals surface area contributed by atoms with Crippen molar-refractivity contribution < 1.29 is 14.3 Å². The number of thiophene rings is 1. The van der Waals surface area contributed by atoms with Crippen molar-refractivity contribution in [3.63, 3.8) is 0 Å². The molecule has 3 aromatic rings. The molecule has 130 valence electrons. The molecule has 0 aliphatic heterocycles. The summed E-state index contributed by atoms with van der Waals surface area (Å²) in [5.74, 6) is -0.542. The number of hydrogen-bond donors (Lipinski definition) is 3. The minimum atomic E-state index is -0.320. The number of esters is 1. The molecule has 0 aromatic carbocycles. The number of amides is 1. The van der Waals surface area contributed by atoms with Crippen molar-refractivity contribution in [2.45, 2.75) is 13.3 Å². The maximum absolute atomic E-state index is 12.4. The van der Waals surface area contributed by atoms with E-state index in [4.69, 9.17) is 4.74 Å². The quantitative estimate of drug-likeness (QED) is 0.564. The first-order valence-corrected chi connectivity index (χ1v) is 8.77. The van der Waals surface area contributed by atoms with Crippen LogP contribution in [0.25, 0.3) is 11.0 Å². The highest BCUT2D eigenvalue weighted by Crippen LogP contribution is 2.29. The van der Waals surface area contributed by atoms with Crippen LogP contribution in [-0.2, 0) is 9.53 Å². The molecule has 0 radical (unpaired) electrons. The third-order valence-corrected chi connectivity index (χ3v) is 4.43. The number of nitrogens with zero attached hydrogens (tertiary/aromatic N) is 1. The summed E-state index contributed by atoms with van der Waals surface area (Å²) in [6.45, 7) is 2.33. The summed E-state index contributed by atoms with van der Waals surface area (Å²) < 4.78 is 4.84. The van der Waals surface area contributed by atoms with Gasteiger partial charge in [0.15, 0.2) is 0 Å². The van der Waals surface area contributed by atoms with Gasteiger partial charge in [-0.3, -0.25) is 9.59 Å². The monoisotopic (exact) mass is 358 g/mol. The Hall–Kier alpha value is -2.87. The van der Waals surface area contributed by atoms with Crippen molar-refractivity contribution in [3.05, 3.63) is 40.8 Å². The predicted octanol–water partition coefficient (Wildman–Crippen LogP) is 3.05. The number of hydrogen-bond acceptors (Lipinski definition) is 6. The summed E-state index contributed by atoms with van der Waals surface area (Å²) in [6.07, 6.45) is 3.67. The van der Waals surface area contributed by atoms with Gasteiger partial charge in [-0.1, -0.05) is 0 Å². The highest BCUT2D eigenvalue weighted by Gasteiger charge is 2.15. The van der Waals surface area contributed by atoms with Gasteiger partial charge in [0.05, 0.1) is 24.4 Å². The van der Waals surface area contributed by atoms with Gasteiger partial charge in [0, 0.05) is 24.3 Å². The number of anilines is 2. The second-order valence-electron chi connectivity index (χ2n) is 5.20. The number of carbonyl (C=O) groups excluding carboxylic acids is 2. The predicted molar refractivity (Wildman–Crippen MR) is 97.3 cm³/mol. The molecule has 0 bridgehead atoms. The van der Waals surface area contributed by atoms with Crippen LogP contribution in [0.4, 0.5) is 11.4 Å². The Balaban J connectivity index is 1.67. The van der Waals surface area contributed by atoms with Crippen LogP contribution in [0.2, 0.25) is 0 Å². The zero-order valence-corrected chi connectivity index (χ0v) is 14.5. The van der Waals surface area contributed by atoms with Crippen LogP contribution in [0.5, 0.6) is 0 Å². The Kier molecular flexibility index (Phi) is 5.30. The van der Waals surface area contributed by atoms with Crippen molar-refractivity contribution in [2.75, 3.05) is 18.5 Å². The Bertz CT molecular complexity index is 887. The molecule has 3 heterocycles.